The Morgan fingerprint density at radius 1 is 1.36 bits per heavy atom. The van der Waals surface area contributed by atoms with E-state index in [4.69, 9.17) is 11.6 Å². The lowest BCUT2D eigenvalue weighted by molar-refractivity contribution is -0.242. The zero-order valence-corrected chi connectivity index (χ0v) is 14.0. The predicted octanol–water partition coefficient (Wildman–Crippen LogP) is 2.15. The van der Waals surface area contributed by atoms with Crippen LogP contribution in [0.3, 0.4) is 0 Å². The third-order valence-electron chi connectivity index (χ3n) is 3.22. The highest BCUT2D eigenvalue weighted by Crippen LogP contribution is 2.33. The number of sulfone groups is 1. The van der Waals surface area contributed by atoms with Gasteiger partial charge in [0.1, 0.15) is 0 Å². The minimum absolute atomic E-state index is 0.284. The number of anilines is 1. The van der Waals surface area contributed by atoms with Crippen molar-refractivity contribution in [1.29, 1.82) is 0 Å². The number of nitrogens with one attached hydrogen (secondary N) is 2. The maximum Gasteiger partial charge on any atom is 0.426 e. The van der Waals surface area contributed by atoms with Crippen molar-refractivity contribution in [2.45, 2.75) is 28.8 Å². The highest BCUT2D eigenvalue weighted by molar-refractivity contribution is 7.91. The molecule has 1 heterocycles. The molecule has 1 amide bonds. The third kappa shape index (κ3) is 3.62. The molecule has 0 aliphatic carbocycles. The SMILES string of the molecule is CC(O)(C(=O)Nc1ccc(S(=O)(=O)c2ncc[nH]2)cc1Cl)C(F)(F)F. The summed E-state index contributed by atoms with van der Waals surface area (Å²) < 4.78 is 62.4. The molecule has 0 saturated carbocycles. The lowest BCUT2D eigenvalue weighted by Crippen LogP contribution is -2.52. The van der Waals surface area contributed by atoms with Gasteiger partial charge in [-0.05, 0) is 25.1 Å². The first-order valence-electron chi connectivity index (χ1n) is 6.52. The minimum atomic E-state index is -5.20. The molecule has 3 N–H and O–H groups in total. The Bertz CT molecular complexity index is 896. The van der Waals surface area contributed by atoms with E-state index in [1.807, 2.05) is 5.32 Å². The van der Waals surface area contributed by atoms with E-state index in [-0.39, 0.29) is 27.7 Å². The van der Waals surface area contributed by atoms with E-state index in [0.29, 0.717) is 0 Å². The smallest absolute Gasteiger partial charge is 0.373 e. The number of nitrogens with zero attached hydrogens (tertiary/aromatic N) is 1. The summed E-state index contributed by atoms with van der Waals surface area (Å²) in [7, 11) is -4.01. The zero-order chi connectivity index (χ0) is 19.0. The molecule has 0 bridgehead atoms. The molecule has 25 heavy (non-hydrogen) atoms. The predicted molar refractivity (Wildman–Crippen MR) is 80.8 cm³/mol. The number of alkyl halides is 3. The molecule has 12 heteroatoms. The molecule has 2 aromatic rings. The van der Waals surface area contributed by atoms with Crippen LogP contribution in [0, 0.1) is 0 Å². The minimum Gasteiger partial charge on any atom is -0.373 e. The molecule has 136 valence electrons. The first kappa shape index (κ1) is 19.2. The van der Waals surface area contributed by atoms with Crippen LogP contribution in [0.2, 0.25) is 5.02 Å². The number of carbonyl (C=O) groups is 1. The van der Waals surface area contributed by atoms with Gasteiger partial charge >= 0.3 is 6.18 Å². The summed E-state index contributed by atoms with van der Waals surface area (Å²) in [5.74, 6) is -1.76. The number of aromatic amines is 1. The zero-order valence-electron chi connectivity index (χ0n) is 12.4. The summed E-state index contributed by atoms with van der Waals surface area (Å²) in [5, 5.41) is 10.4. The molecular formula is C13H11ClF3N3O4S. The summed E-state index contributed by atoms with van der Waals surface area (Å²) >= 11 is 5.83. The fraction of sp³-hybridized carbons (Fsp3) is 0.231. The van der Waals surface area contributed by atoms with Gasteiger partial charge in [-0.25, -0.2) is 13.4 Å². The van der Waals surface area contributed by atoms with Crippen molar-refractivity contribution in [2.24, 2.45) is 0 Å². The van der Waals surface area contributed by atoms with Gasteiger partial charge in [-0.15, -0.1) is 0 Å². The Hall–Kier alpha value is -2.11. The quantitative estimate of drug-likeness (QED) is 0.731. The standard InChI is InChI=1S/C13H11ClF3N3O4S/c1-12(22,13(15,16)17)10(21)20-9-3-2-7(6-8(9)14)25(23,24)11-18-4-5-19-11/h2-6,22H,1H3,(H,18,19)(H,20,21). The Balaban J connectivity index is 2.31. The summed E-state index contributed by atoms with van der Waals surface area (Å²) in [4.78, 5) is 17.4. The summed E-state index contributed by atoms with van der Waals surface area (Å²) in [6, 6.07) is 2.97. The van der Waals surface area contributed by atoms with E-state index in [1.54, 1.807) is 0 Å². The molecule has 1 aromatic heterocycles. The molecular weight excluding hydrogens is 387 g/mol. The van der Waals surface area contributed by atoms with Crippen LogP contribution in [0.4, 0.5) is 18.9 Å². The molecule has 2 rings (SSSR count). The van der Waals surface area contributed by atoms with Gasteiger partial charge in [0.25, 0.3) is 5.91 Å². The first-order valence-corrected chi connectivity index (χ1v) is 8.38. The van der Waals surface area contributed by atoms with Crippen molar-refractivity contribution in [3.63, 3.8) is 0 Å². The Morgan fingerprint density at radius 3 is 2.48 bits per heavy atom. The van der Waals surface area contributed by atoms with Crippen LogP contribution in [0.25, 0.3) is 0 Å². The van der Waals surface area contributed by atoms with Crippen LogP contribution in [-0.2, 0) is 14.6 Å². The van der Waals surface area contributed by atoms with Gasteiger partial charge in [0, 0.05) is 12.4 Å². The number of H-pyrrole nitrogens is 1. The number of hydrogen-bond donors (Lipinski definition) is 3. The van der Waals surface area contributed by atoms with E-state index in [0.717, 1.165) is 18.2 Å². The van der Waals surface area contributed by atoms with Gasteiger partial charge in [0.2, 0.25) is 20.6 Å². The van der Waals surface area contributed by atoms with E-state index >= 15 is 0 Å². The van der Waals surface area contributed by atoms with Crippen molar-refractivity contribution in [3.05, 3.63) is 35.6 Å². The largest absolute Gasteiger partial charge is 0.426 e. The van der Waals surface area contributed by atoms with Gasteiger partial charge in [-0.3, -0.25) is 4.79 Å². The highest BCUT2D eigenvalue weighted by atomic mass is 35.5. The molecule has 1 aromatic carbocycles. The Kier molecular flexibility index (Phi) is 4.86. The molecule has 0 spiro atoms. The van der Waals surface area contributed by atoms with Crippen LogP contribution in [0.5, 0.6) is 0 Å². The number of carbonyl (C=O) groups excluding carboxylic acids is 1. The van der Waals surface area contributed by atoms with Crippen molar-refractivity contribution in [1.82, 2.24) is 9.97 Å². The van der Waals surface area contributed by atoms with Crippen LogP contribution in [-0.4, -0.2) is 41.2 Å². The van der Waals surface area contributed by atoms with Crippen LogP contribution in [0.1, 0.15) is 6.92 Å². The van der Waals surface area contributed by atoms with Crippen LogP contribution < -0.4 is 5.32 Å². The molecule has 0 aliphatic heterocycles. The summed E-state index contributed by atoms with van der Waals surface area (Å²) in [6.45, 7) is 0.284. The van der Waals surface area contributed by atoms with E-state index in [9.17, 15) is 31.5 Å². The number of aliphatic hydroxyl groups is 1. The summed E-state index contributed by atoms with van der Waals surface area (Å²) in [6.07, 6.45) is -2.68. The number of aromatic nitrogens is 2. The number of amides is 1. The molecule has 0 aliphatic rings. The molecule has 1 unspecified atom stereocenters. The lowest BCUT2D eigenvalue weighted by atomic mass is 10.1. The maximum atomic E-state index is 12.6. The number of imidazole rings is 1. The van der Waals surface area contributed by atoms with Crippen molar-refractivity contribution < 1.29 is 31.5 Å². The van der Waals surface area contributed by atoms with Gasteiger partial charge in [-0.1, -0.05) is 11.6 Å². The topological polar surface area (TPSA) is 112 Å². The molecule has 0 saturated heterocycles. The lowest BCUT2D eigenvalue weighted by Gasteiger charge is -2.25. The second-order valence-electron chi connectivity index (χ2n) is 5.06. The number of halogens is 4. The normalized spacial score (nSPS) is 14.8. The van der Waals surface area contributed by atoms with Gasteiger partial charge < -0.3 is 15.4 Å². The van der Waals surface area contributed by atoms with Gasteiger partial charge in [0.15, 0.2) is 0 Å². The first-order chi connectivity index (χ1) is 11.4. The second-order valence-corrected chi connectivity index (χ2v) is 7.34. The van der Waals surface area contributed by atoms with Crippen molar-refractivity contribution in [2.75, 3.05) is 5.32 Å². The fourth-order valence-corrected chi connectivity index (χ4v) is 3.11. The monoisotopic (exact) mass is 397 g/mol. The van der Waals surface area contributed by atoms with Crippen LogP contribution in [0.15, 0.2) is 40.6 Å². The average molecular weight is 398 g/mol. The van der Waals surface area contributed by atoms with Crippen molar-refractivity contribution >= 4 is 33.0 Å². The fourth-order valence-electron chi connectivity index (χ4n) is 1.65. The summed E-state index contributed by atoms with van der Waals surface area (Å²) in [5.41, 5.74) is -3.94. The number of hydrogen-bond acceptors (Lipinski definition) is 5. The second kappa shape index (κ2) is 6.32. The highest BCUT2D eigenvalue weighted by Gasteiger charge is 2.55. The molecule has 1 atom stereocenters. The number of benzene rings is 1. The third-order valence-corrected chi connectivity index (χ3v) is 5.14. The molecule has 0 fully saturated rings. The van der Waals surface area contributed by atoms with E-state index < -0.39 is 27.5 Å². The molecule has 0 radical (unpaired) electrons. The van der Waals surface area contributed by atoms with Crippen molar-refractivity contribution in [3.8, 4) is 0 Å². The molecule has 7 nitrogen and oxygen atoms in total. The number of rotatable bonds is 4. The Morgan fingerprint density at radius 2 is 2.00 bits per heavy atom. The Labute approximate surface area is 144 Å². The van der Waals surface area contributed by atoms with Gasteiger partial charge in [-0.2, -0.15) is 13.2 Å². The van der Waals surface area contributed by atoms with Crippen LogP contribution >= 0.6 is 11.6 Å². The van der Waals surface area contributed by atoms with Gasteiger partial charge in [0.05, 0.1) is 15.6 Å². The maximum absolute atomic E-state index is 12.6. The average Bonchev–Trinajstić information content (AvgIpc) is 3.02. The van der Waals surface area contributed by atoms with E-state index in [2.05, 4.69) is 9.97 Å². The van der Waals surface area contributed by atoms with E-state index in [1.165, 1.54) is 12.4 Å².